The molecule has 3 N–H and O–H groups in total. The molecule has 0 spiro atoms. The summed E-state index contributed by atoms with van der Waals surface area (Å²) in [6.45, 7) is 7.73. The molecule has 0 saturated carbocycles. The Bertz CT molecular complexity index is 908. The lowest BCUT2D eigenvalue weighted by Gasteiger charge is -2.50. The number of phenolic OH excluding ortho intramolecular Hbond substituents is 2. The maximum Gasteiger partial charge on any atom is 0.338 e. The Morgan fingerprint density at radius 2 is 1.43 bits per heavy atom. The molecule has 0 aromatic heterocycles. The summed E-state index contributed by atoms with van der Waals surface area (Å²) < 4.78 is 5.74. The van der Waals surface area contributed by atoms with Crippen molar-refractivity contribution in [2.45, 2.75) is 57.7 Å². The van der Waals surface area contributed by atoms with Crippen molar-refractivity contribution in [1.29, 1.82) is 0 Å². The molecule has 1 heterocycles. The van der Waals surface area contributed by atoms with Crippen LogP contribution in [0.4, 0.5) is 0 Å². The molecule has 0 unspecified atom stereocenters. The van der Waals surface area contributed by atoms with Crippen molar-refractivity contribution in [3.63, 3.8) is 0 Å². The topological polar surface area (TPSA) is 90.2 Å². The van der Waals surface area contributed by atoms with Gasteiger partial charge in [0.1, 0.15) is 17.6 Å². The van der Waals surface area contributed by atoms with Gasteiger partial charge in [0.15, 0.2) is 0 Å². The number of piperidine rings is 1. The highest BCUT2D eigenvalue weighted by Gasteiger charge is 2.46. The molecule has 2 aromatic rings. The number of phenols is 2. The van der Waals surface area contributed by atoms with Gasteiger partial charge in [-0.15, -0.1) is 0 Å². The molecule has 1 fully saturated rings. The van der Waals surface area contributed by atoms with Crippen LogP contribution in [0.25, 0.3) is 12.2 Å². The molecule has 1 aliphatic rings. The number of hydrogen-bond acceptors (Lipinski definition) is 6. The third-order valence-electron chi connectivity index (χ3n) is 5.41. The monoisotopic (exact) mass is 411 g/mol. The lowest BCUT2D eigenvalue weighted by Crippen LogP contribution is -2.60. The maximum atomic E-state index is 12.6. The summed E-state index contributed by atoms with van der Waals surface area (Å²) in [5.74, 6) is -0.399. The minimum Gasteiger partial charge on any atom is -0.508 e. The number of esters is 1. The van der Waals surface area contributed by atoms with Gasteiger partial charge >= 0.3 is 5.97 Å². The van der Waals surface area contributed by atoms with Crippen LogP contribution >= 0.6 is 0 Å². The minimum atomic E-state index is -0.484. The molecule has 2 aromatic carbocycles. The number of hydroxylamine groups is 2. The van der Waals surface area contributed by atoms with Crippen molar-refractivity contribution < 1.29 is 25.0 Å². The number of rotatable bonds is 4. The van der Waals surface area contributed by atoms with Crippen LogP contribution < -0.4 is 0 Å². The van der Waals surface area contributed by atoms with E-state index in [1.165, 1.54) is 11.1 Å². The van der Waals surface area contributed by atoms with E-state index in [0.29, 0.717) is 24.0 Å². The smallest absolute Gasteiger partial charge is 0.338 e. The van der Waals surface area contributed by atoms with E-state index in [-0.39, 0.29) is 23.6 Å². The molecule has 0 amide bonds. The van der Waals surface area contributed by atoms with Gasteiger partial charge in [0, 0.05) is 30.0 Å². The van der Waals surface area contributed by atoms with Gasteiger partial charge in [0.05, 0.1) is 5.56 Å². The van der Waals surface area contributed by atoms with Gasteiger partial charge in [-0.05, 0) is 63.1 Å². The van der Waals surface area contributed by atoms with Gasteiger partial charge in [-0.2, -0.15) is 5.06 Å². The Morgan fingerprint density at radius 1 is 0.933 bits per heavy atom. The van der Waals surface area contributed by atoms with Crippen molar-refractivity contribution in [1.82, 2.24) is 5.06 Å². The number of carbonyl (C=O) groups is 1. The molecule has 160 valence electrons. The predicted octanol–water partition coefficient (Wildman–Crippen LogP) is 4.84. The lowest BCUT2D eigenvalue weighted by atomic mass is 9.80. The van der Waals surface area contributed by atoms with Crippen LogP contribution in [0.1, 0.15) is 62.0 Å². The fourth-order valence-electron chi connectivity index (χ4n) is 4.12. The molecule has 30 heavy (non-hydrogen) atoms. The second-order valence-corrected chi connectivity index (χ2v) is 9.11. The average molecular weight is 411 g/mol. The van der Waals surface area contributed by atoms with Crippen molar-refractivity contribution in [2.24, 2.45) is 0 Å². The summed E-state index contributed by atoms with van der Waals surface area (Å²) in [4.78, 5) is 12.6. The molecule has 1 saturated heterocycles. The van der Waals surface area contributed by atoms with Crippen LogP contribution in [0.3, 0.4) is 0 Å². The number of carbonyl (C=O) groups excluding carboxylic acids is 1. The molecule has 0 radical (unpaired) electrons. The fourth-order valence-corrected chi connectivity index (χ4v) is 4.12. The first kappa shape index (κ1) is 21.9. The quantitative estimate of drug-likeness (QED) is 0.493. The standard InChI is InChI=1S/C24H29NO5/c1-23(2)14-21(15-24(3,4)25(23)29)30-22(28)18-9-7-16(8-10-18)5-6-17-11-19(26)13-20(27)12-17/h5-13,21,26-27,29H,14-15H2,1-4H3/b6-5+. The van der Waals surface area contributed by atoms with Gasteiger partial charge < -0.3 is 20.2 Å². The van der Waals surface area contributed by atoms with E-state index in [9.17, 15) is 20.2 Å². The number of aromatic hydroxyl groups is 2. The first-order valence-electron chi connectivity index (χ1n) is 9.98. The van der Waals surface area contributed by atoms with Crippen LogP contribution in [0.5, 0.6) is 11.5 Å². The van der Waals surface area contributed by atoms with Crippen LogP contribution in [-0.2, 0) is 4.74 Å². The van der Waals surface area contributed by atoms with Gasteiger partial charge in [-0.1, -0.05) is 24.3 Å². The van der Waals surface area contributed by atoms with E-state index in [1.807, 2.05) is 33.8 Å². The number of nitrogens with zero attached hydrogens (tertiary/aromatic N) is 1. The normalized spacial score (nSPS) is 19.1. The van der Waals surface area contributed by atoms with Crippen molar-refractivity contribution >= 4 is 18.1 Å². The van der Waals surface area contributed by atoms with E-state index in [1.54, 1.807) is 42.5 Å². The molecule has 3 rings (SSSR count). The average Bonchev–Trinajstić information content (AvgIpc) is 2.63. The first-order valence-corrected chi connectivity index (χ1v) is 9.98. The van der Waals surface area contributed by atoms with E-state index in [0.717, 1.165) is 5.56 Å². The molecule has 0 atom stereocenters. The van der Waals surface area contributed by atoms with Crippen molar-refractivity contribution in [2.75, 3.05) is 0 Å². The fraction of sp³-hybridized carbons (Fsp3) is 0.375. The maximum absolute atomic E-state index is 12.6. The minimum absolute atomic E-state index is 0.00821. The second kappa shape index (κ2) is 8.13. The van der Waals surface area contributed by atoms with Crippen LogP contribution in [0.15, 0.2) is 42.5 Å². The number of benzene rings is 2. The zero-order chi connectivity index (χ0) is 22.1. The summed E-state index contributed by atoms with van der Waals surface area (Å²) in [7, 11) is 0. The molecule has 0 aliphatic carbocycles. The summed E-state index contributed by atoms with van der Waals surface area (Å²) >= 11 is 0. The van der Waals surface area contributed by atoms with E-state index in [4.69, 9.17) is 4.74 Å². The summed E-state index contributed by atoms with van der Waals surface area (Å²) in [5, 5.41) is 30.8. The Balaban J connectivity index is 1.66. The number of ether oxygens (including phenoxy) is 1. The second-order valence-electron chi connectivity index (χ2n) is 9.11. The molecule has 1 aliphatic heterocycles. The molecule has 0 bridgehead atoms. The SMILES string of the molecule is CC1(C)CC(OC(=O)c2ccc(/C=C/c3cc(O)cc(O)c3)cc2)CC(C)(C)N1O. The molecule has 6 nitrogen and oxygen atoms in total. The Kier molecular flexibility index (Phi) is 5.92. The van der Waals surface area contributed by atoms with Gasteiger partial charge in [0.2, 0.25) is 0 Å². The molecular weight excluding hydrogens is 382 g/mol. The Labute approximate surface area is 177 Å². The van der Waals surface area contributed by atoms with E-state index in [2.05, 4.69) is 0 Å². The highest BCUT2D eigenvalue weighted by molar-refractivity contribution is 5.90. The summed E-state index contributed by atoms with van der Waals surface area (Å²) in [6, 6.07) is 11.4. The third kappa shape index (κ3) is 5.01. The van der Waals surface area contributed by atoms with Crippen LogP contribution in [0.2, 0.25) is 0 Å². The van der Waals surface area contributed by atoms with E-state index < -0.39 is 11.1 Å². The summed E-state index contributed by atoms with van der Waals surface area (Å²) in [6.07, 6.45) is 4.42. The molecule has 6 heteroatoms. The van der Waals surface area contributed by atoms with Gasteiger partial charge in [0.25, 0.3) is 0 Å². The molecular formula is C24H29NO5. The highest BCUT2D eigenvalue weighted by Crippen LogP contribution is 2.38. The zero-order valence-electron chi connectivity index (χ0n) is 17.8. The first-order chi connectivity index (χ1) is 14.0. The largest absolute Gasteiger partial charge is 0.508 e. The zero-order valence-corrected chi connectivity index (χ0v) is 17.8. The lowest BCUT2D eigenvalue weighted by molar-refractivity contribution is -0.256. The van der Waals surface area contributed by atoms with Crippen molar-refractivity contribution in [3.05, 3.63) is 59.2 Å². The van der Waals surface area contributed by atoms with Crippen LogP contribution in [-0.4, -0.2) is 43.6 Å². The Morgan fingerprint density at radius 3 is 1.97 bits per heavy atom. The van der Waals surface area contributed by atoms with E-state index >= 15 is 0 Å². The van der Waals surface area contributed by atoms with Gasteiger partial charge in [-0.3, -0.25) is 0 Å². The van der Waals surface area contributed by atoms with Crippen molar-refractivity contribution in [3.8, 4) is 11.5 Å². The third-order valence-corrected chi connectivity index (χ3v) is 5.41. The Hall–Kier alpha value is -2.83. The summed E-state index contributed by atoms with van der Waals surface area (Å²) in [5.41, 5.74) is 1.02. The van der Waals surface area contributed by atoms with Gasteiger partial charge in [-0.25, -0.2) is 4.79 Å². The van der Waals surface area contributed by atoms with Crippen LogP contribution in [0, 0.1) is 0 Å². The predicted molar refractivity (Wildman–Crippen MR) is 115 cm³/mol. The highest BCUT2D eigenvalue weighted by atomic mass is 16.5. The number of hydrogen-bond donors (Lipinski definition) is 3.